The van der Waals surface area contributed by atoms with Crippen molar-refractivity contribution in [2.24, 2.45) is 5.92 Å². The molecular formula is C41H42F2N4O10. The molecule has 2 aliphatic heterocycles. The molecule has 1 fully saturated rings. The first kappa shape index (κ1) is 40.2. The fourth-order valence-corrected chi connectivity index (χ4v) is 6.77. The number of carbonyl (C=O) groups excluding carboxylic acids is 3. The zero-order valence-corrected chi connectivity index (χ0v) is 32.1. The van der Waals surface area contributed by atoms with Crippen LogP contribution in [0.2, 0.25) is 0 Å². The van der Waals surface area contributed by atoms with Gasteiger partial charge in [0.25, 0.3) is 0 Å². The van der Waals surface area contributed by atoms with Gasteiger partial charge in [-0.15, -0.1) is 8.78 Å². The van der Waals surface area contributed by atoms with Crippen LogP contribution in [0.25, 0.3) is 0 Å². The lowest BCUT2D eigenvalue weighted by atomic mass is 9.67. The number of methoxy groups -OCH3 is 2. The van der Waals surface area contributed by atoms with Gasteiger partial charge in [0.05, 0.1) is 32.7 Å². The number of alkyl halides is 2. The predicted octanol–water partition coefficient (Wildman–Crippen LogP) is 6.90. The molecule has 0 unspecified atom stereocenters. The monoisotopic (exact) mass is 788 g/mol. The standard InChI is InChI=1S/C41H42F2N4O10/c1-24(28-11-16-32-33(21-28)56-41(42,43)55-32)45-37(51)47-35(48)31(40(47,36(49)50)22-25-7-12-29(53-5)13-8-25)19-27-17-18-44-34(20-27)46(38(52)57-39(2,3)4)23-26-9-14-30(54-6)15-10-26/h7-18,20-21,24,31H,19,22-23H2,1-6H3,(H,45,51)(H,49,50)/t24-,31+,40+/m1/s1. The molecule has 3 aromatic carbocycles. The Morgan fingerprint density at radius 1 is 0.912 bits per heavy atom. The quantitative estimate of drug-likeness (QED) is 0.144. The molecule has 1 saturated heterocycles. The Labute approximate surface area is 327 Å². The highest BCUT2D eigenvalue weighted by atomic mass is 19.3. The molecule has 0 radical (unpaired) electrons. The van der Waals surface area contributed by atoms with Gasteiger partial charge in [-0.2, -0.15) is 0 Å². The average molecular weight is 789 g/mol. The molecule has 4 amide bonds. The van der Waals surface area contributed by atoms with Crippen LogP contribution in [-0.4, -0.2) is 70.6 Å². The minimum absolute atomic E-state index is 0.0617. The number of pyridine rings is 1. The molecule has 6 rings (SSSR count). The average Bonchev–Trinajstić information content (AvgIpc) is 3.48. The summed E-state index contributed by atoms with van der Waals surface area (Å²) in [5, 5.41) is 13.6. The van der Waals surface area contributed by atoms with Crippen molar-refractivity contribution in [2.45, 2.75) is 70.6 Å². The van der Waals surface area contributed by atoms with Gasteiger partial charge in [-0.25, -0.2) is 24.3 Å². The van der Waals surface area contributed by atoms with E-state index in [0.717, 1.165) is 5.56 Å². The van der Waals surface area contributed by atoms with Gasteiger partial charge in [-0.05, 0) is 105 Å². The maximum Gasteiger partial charge on any atom is 0.586 e. The summed E-state index contributed by atoms with van der Waals surface area (Å²) in [5.41, 5.74) is -0.882. The molecule has 0 spiro atoms. The fourth-order valence-electron chi connectivity index (χ4n) is 6.77. The van der Waals surface area contributed by atoms with E-state index in [-0.39, 0.29) is 36.7 Å². The van der Waals surface area contributed by atoms with Gasteiger partial charge in [0.15, 0.2) is 17.0 Å². The highest BCUT2D eigenvalue weighted by molar-refractivity contribution is 6.10. The Balaban J connectivity index is 1.31. The predicted molar refractivity (Wildman–Crippen MR) is 200 cm³/mol. The zero-order chi connectivity index (χ0) is 41.3. The fraction of sp³-hybridized carbons (Fsp3) is 0.341. The lowest BCUT2D eigenvalue weighted by Crippen LogP contribution is -2.78. The zero-order valence-electron chi connectivity index (χ0n) is 32.1. The van der Waals surface area contributed by atoms with Crippen molar-refractivity contribution in [1.82, 2.24) is 15.2 Å². The van der Waals surface area contributed by atoms with Crippen LogP contribution in [0, 0.1) is 5.92 Å². The van der Waals surface area contributed by atoms with Crippen LogP contribution in [-0.2, 0) is 33.7 Å². The number of hydrogen-bond acceptors (Lipinski definition) is 10. The summed E-state index contributed by atoms with van der Waals surface area (Å²) in [5.74, 6) is -2.56. The van der Waals surface area contributed by atoms with Gasteiger partial charge in [-0.1, -0.05) is 30.3 Å². The molecule has 0 aliphatic carbocycles. The minimum Gasteiger partial charge on any atom is -0.497 e. The van der Waals surface area contributed by atoms with Gasteiger partial charge < -0.3 is 34.1 Å². The summed E-state index contributed by atoms with van der Waals surface area (Å²) in [6, 6.07) is 18.9. The molecule has 2 N–H and O–H groups in total. The first-order valence-electron chi connectivity index (χ1n) is 17.9. The highest BCUT2D eigenvalue weighted by Gasteiger charge is 2.67. The van der Waals surface area contributed by atoms with Crippen molar-refractivity contribution < 1.29 is 56.7 Å². The van der Waals surface area contributed by atoms with Gasteiger partial charge in [0, 0.05) is 12.6 Å². The van der Waals surface area contributed by atoms with Crippen molar-refractivity contribution in [3.8, 4) is 23.0 Å². The van der Waals surface area contributed by atoms with E-state index in [9.17, 15) is 33.1 Å². The van der Waals surface area contributed by atoms with E-state index in [2.05, 4.69) is 19.8 Å². The summed E-state index contributed by atoms with van der Waals surface area (Å²) in [7, 11) is 3.03. The third-order valence-corrected chi connectivity index (χ3v) is 9.61. The van der Waals surface area contributed by atoms with Crippen molar-refractivity contribution in [3.05, 3.63) is 107 Å². The SMILES string of the molecule is COc1ccc(CN(C(=O)OC(C)(C)C)c2cc(C[C@H]3C(=O)N(C(=O)N[C@H](C)c4ccc5c(c4)OC(F)(F)O5)[C@]3(Cc3ccc(OC)cc3)C(=O)O)ccn2)cc1. The smallest absolute Gasteiger partial charge is 0.497 e. The number of nitrogens with one attached hydrogen (secondary N) is 1. The number of hydrogen-bond donors (Lipinski definition) is 2. The van der Waals surface area contributed by atoms with E-state index in [1.165, 1.54) is 36.4 Å². The number of benzene rings is 3. The van der Waals surface area contributed by atoms with Crippen LogP contribution >= 0.6 is 0 Å². The van der Waals surface area contributed by atoms with Crippen molar-refractivity contribution in [3.63, 3.8) is 0 Å². The first-order chi connectivity index (χ1) is 26.9. The van der Waals surface area contributed by atoms with E-state index in [1.54, 1.807) is 95.5 Å². The molecule has 14 nitrogen and oxygen atoms in total. The minimum atomic E-state index is -3.85. The van der Waals surface area contributed by atoms with Gasteiger partial charge in [0.2, 0.25) is 5.91 Å². The van der Waals surface area contributed by atoms with E-state index in [4.69, 9.17) is 14.2 Å². The molecule has 2 aliphatic rings. The van der Waals surface area contributed by atoms with Crippen molar-refractivity contribution in [2.75, 3.05) is 19.1 Å². The number of likely N-dealkylation sites (tertiary alicyclic amines) is 1. The second-order valence-corrected chi connectivity index (χ2v) is 14.7. The van der Waals surface area contributed by atoms with Crippen LogP contribution < -0.4 is 29.2 Å². The second-order valence-electron chi connectivity index (χ2n) is 14.7. The summed E-state index contributed by atoms with van der Waals surface area (Å²) in [6.07, 6.45) is -3.50. The number of carboxylic acids is 1. The van der Waals surface area contributed by atoms with Crippen LogP contribution in [0.5, 0.6) is 23.0 Å². The normalized spacial score (nSPS) is 18.6. The van der Waals surface area contributed by atoms with Crippen LogP contribution in [0.15, 0.2) is 85.1 Å². The number of carboxylic acid groups (broad SMARTS) is 1. The molecule has 0 saturated carbocycles. The van der Waals surface area contributed by atoms with Crippen LogP contribution in [0.4, 0.5) is 24.2 Å². The number of amides is 4. The molecule has 57 heavy (non-hydrogen) atoms. The number of β-lactam (4-membered cyclic amide) rings is 1. The summed E-state index contributed by atoms with van der Waals surface area (Å²) in [4.78, 5) is 61.6. The van der Waals surface area contributed by atoms with Crippen LogP contribution in [0.3, 0.4) is 0 Å². The molecule has 3 atom stereocenters. The Morgan fingerprint density at radius 3 is 2.12 bits per heavy atom. The Hall–Kier alpha value is -6.45. The van der Waals surface area contributed by atoms with Gasteiger partial charge in [-0.3, -0.25) is 9.69 Å². The maximum atomic E-state index is 14.1. The third-order valence-electron chi connectivity index (χ3n) is 9.61. The molecule has 4 aromatic rings. The molecule has 1 aromatic heterocycles. The molecule has 300 valence electrons. The maximum absolute atomic E-state index is 14.1. The number of halogens is 2. The van der Waals surface area contributed by atoms with E-state index in [1.807, 2.05) is 0 Å². The van der Waals surface area contributed by atoms with E-state index in [0.29, 0.717) is 33.1 Å². The van der Waals surface area contributed by atoms with Gasteiger partial charge >= 0.3 is 24.4 Å². The number of urea groups is 1. The highest BCUT2D eigenvalue weighted by Crippen LogP contribution is 2.45. The lowest BCUT2D eigenvalue weighted by molar-refractivity contribution is -0.286. The molecule has 0 bridgehead atoms. The summed E-state index contributed by atoms with van der Waals surface area (Å²) >= 11 is 0. The van der Waals surface area contributed by atoms with Crippen LogP contribution in [0.1, 0.15) is 56.0 Å². The molecule has 3 heterocycles. The molecule has 16 heteroatoms. The number of aromatic nitrogens is 1. The first-order valence-corrected chi connectivity index (χ1v) is 17.9. The van der Waals surface area contributed by atoms with E-state index >= 15 is 0 Å². The number of nitrogens with zero attached hydrogens (tertiary/aromatic N) is 3. The van der Waals surface area contributed by atoms with Crippen molar-refractivity contribution >= 4 is 29.8 Å². The molecular weight excluding hydrogens is 746 g/mol. The Kier molecular flexibility index (Phi) is 11.0. The van der Waals surface area contributed by atoms with Crippen molar-refractivity contribution in [1.29, 1.82) is 0 Å². The number of anilines is 1. The second kappa shape index (κ2) is 15.6. The number of fused-ring (bicyclic) bond motifs is 1. The number of ether oxygens (including phenoxy) is 5. The third kappa shape index (κ3) is 8.54. The Morgan fingerprint density at radius 2 is 1.53 bits per heavy atom. The number of aliphatic carboxylic acids is 1. The van der Waals surface area contributed by atoms with E-state index < -0.39 is 53.4 Å². The number of imide groups is 1. The lowest BCUT2D eigenvalue weighted by Gasteiger charge is -2.53. The Bertz CT molecular complexity index is 2160. The summed E-state index contributed by atoms with van der Waals surface area (Å²) in [6.45, 7) is 6.80. The summed E-state index contributed by atoms with van der Waals surface area (Å²) < 4.78 is 52.6. The number of carbonyl (C=O) groups is 4. The number of rotatable bonds is 12. The largest absolute Gasteiger partial charge is 0.586 e. The van der Waals surface area contributed by atoms with Gasteiger partial charge in [0.1, 0.15) is 22.9 Å². The topological polar surface area (TPSA) is 166 Å².